The molecule has 0 spiro atoms. The summed E-state index contributed by atoms with van der Waals surface area (Å²) in [5.74, 6) is 0.409. The molecule has 0 aliphatic rings. The van der Waals surface area contributed by atoms with Crippen molar-refractivity contribution in [2.75, 3.05) is 19.5 Å². The van der Waals surface area contributed by atoms with Crippen LogP contribution in [0.15, 0.2) is 159 Å². The maximum Gasteiger partial charge on any atom is 0.296 e. The Hall–Kier alpha value is -7.87. The summed E-state index contributed by atoms with van der Waals surface area (Å²) in [6.07, 6.45) is 0. The van der Waals surface area contributed by atoms with Crippen LogP contribution in [0, 0.1) is 34.6 Å². The van der Waals surface area contributed by atoms with E-state index in [1.807, 2.05) is 13.8 Å². The number of phenolic OH excluding ortho intramolecular Hbond substituents is 1. The van der Waals surface area contributed by atoms with Gasteiger partial charge in [-0.2, -0.15) is 50.8 Å². The number of anilines is 2. The van der Waals surface area contributed by atoms with E-state index in [1.165, 1.54) is 19.2 Å². The molecule has 0 fully saturated rings. The number of ether oxygens (including phenoxy) is 2. The van der Waals surface area contributed by atoms with Crippen LogP contribution in [0.1, 0.15) is 27.8 Å². The minimum Gasteiger partial charge on any atom is -0.505 e. The predicted octanol–water partition coefficient (Wildman–Crippen LogP) is 13.2. The van der Waals surface area contributed by atoms with Crippen molar-refractivity contribution >= 4 is 98.0 Å². The van der Waals surface area contributed by atoms with Gasteiger partial charge in [-0.25, -0.2) is 0 Å². The summed E-state index contributed by atoms with van der Waals surface area (Å²) in [7, 11) is -11.7. The number of benzene rings is 7. The fourth-order valence-corrected chi connectivity index (χ4v) is 8.84. The van der Waals surface area contributed by atoms with Gasteiger partial charge in [-0.3, -0.25) is 13.7 Å². The minimum atomic E-state index is -4.97. The Labute approximate surface area is 407 Å². The largest absolute Gasteiger partial charge is 0.505 e. The Bertz CT molecular complexity index is 3750. The predicted molar refractivity (Wildman–Crippen MR) is 264 cm³/mol. The van der Waals surface area contributed by atoms with Crippen LogP contribution in [-0.4, -0.2) is 58.2 Å². The van der Waals surface area contributed by atoms with E-state index in [0.29, 0.717) is 73.6 Å². The number of aryl methyl sites for hydroxylation is 5. The first kappa shape index (κ1) is 51.0. The Balaban J connectivity index is 1.09. The van der Waals surface area contributed by atoms with Gasteiger partial charge in [0.15, 0.2) is 5.75 Å². The van der Waals surface area contributed by atoms with E-state index < -0.39 is 62.2 Å². The summed E-state index contributed by atoms with van der Waals surface area (Å²) < 4.78 is 112. The zero-order valence-corrected chi connectivity index (χ0v) is 41.1. The number of aromatic hydroxyl groups is 1. The van der Waals surface area contributed by atoms with Crippen LogP contribution in [0.2, 0.25) is 0 Å². The number of hydrogen-bond acceptors (Lipinski definition) is 18. The van der Waals surface area contributed by atoms with Gasteiger partial charge in [-0.1, -0.05) is 0 Å². The fraction of sp³-hybridized carbons (Fsp3) is 0.149. The molecule has 0 amide bonds. The van der Waals surface area contributed by atoms with Gasteiger partial charge in [0.1, 0.15) is 38.4 Å². The molecule has 0 saturated heterocycles. The van der Waals surface area contributed by atoms with E-state index in [4.69, 9.17) is 9.47 Å². The summed E-state index contributed by atoms with van der Waals surface area (Å²) in [4.78, 5) is -2.29. The van der Waals surface area contributed by atoms with Crippen molar-refractivity contribution in [2.45, 2.75) is 49.3 Å². The summed E-state index contributed by atoms with van der Waals surface area (Å²) >= 11 is 0. The lowest BCUT2D eigenvalue weighted by atomic mass is 10.1. The highest BCUT2D eigenvalue weighted by Crippen LogP contribution is 2.44. The summed E-state index contributed by atoms with van der Waals surface area (Å²) in [5, 5.41) is 49.3. The van der Waals surface area contributed by atoms with Crippen LogP contribution in [0.5, 0.6) is 17.2 Å². The van der Waals surface area contributed by atoms with Crippen molar-refractivity contribution in [1.82, 2.24) is 0 Å². The van der Waals surface area contributed by atoms with Crippen molar-refractivity contribution in [3.05, 3.63) is 131 Å². The van der Waals surface area contributed by atoms with Crippen molar-refractivity contribution in [1.29, 1.82) is 0 Å². The van der Waals surface area contributed by atoms with Crippen molar-refractivity contribution in [2.24, 2.45) is 40.9 Å². The molecule has 366 valence electrons. The summed E-state index contributed by atoms with van der Waals surface area (Å²) in [6, 6.07) is 25.8. The number of hydrogen-bond donors (Lipinski definition) is 5. The lowest BCUT2D eigenvalue weighted by Crippen LogP contribution is -2.03. The highest BCUT2D eigenvalue weighted by atomic mass is 32.2. The molecule has 0 atom stereocenters. The van der Waals surface area contributed by atoms with Gasteiger partial charge < -0.3 is 19.9 Å². The lowest BCUT2D eigenvalue weighted by molar-refractivity contribution is 0.415. The van der Waals surface area contributed by atoms with Crippen LogP contribution >= 0.6 is 0 Å². The standard InChI is InChI=1S/C47H43N9O12S3/c1-25-17-39(52-55-42-20-29(5)41(24-43(42)68-7)53-49-36-15-13-34(69(58,59)60)23-44(36)70(61,62)63)26(2)16-37(25)50-51-38-18-28(4)40(19-27(38)3)54-56-46-45(71(64,65)66)22-30-21-32(10-14-35(30)47(46)57)48-31-8-11-33(67-6)12-9-31/h8-24,48,57H,1-7H3,(H,58,59,60)(H,61,62,63)(H,64,65,66)/b51-50-,53-49-,55-52-,56-54+. The van der Waals surface area contributed by atoms with E-state index in [1.54, 1.807) is 101 Å². The first-order valence-electron chi connectivity index (χ1n) is 20.8. The number of methoxy groups -OCH3 is 2. The Morgan fingerprint density at radius 2 is 0.887 bits per heavy atom. The molecule has 24 heteroatoms. The molecular weight excluding hydrogens is 979 g/mol. The number of phenols is 1. The number of nitrogens with zero attached hydrogens (tertiary/aromatic N) is 8. The topological polar surface area (TPSA) is 313 Å². The van der Waals surface area contributed by atoms with E-state index in [0.717, 1.165) is 23.4 Å². The zero-order chi connectivity index (χ0) is 51.6. The lowest BCUT2D eigenvalue weighted by Gasteiger charge is -2.12. The quantitative estimate of drug-likeness (QED) is 0.0472. The van der Waals surface area contributed by atoms with Gasteiger partial charge in [0, 0.05) is 22.8 Å². The highest BCUT2D eigenvalue weighted by Gasteiger charge is 2.24. The van der Waals surface area contributed by atoms with Crippen LogP contribution in [0.25, 0.3) is 10.8 Å². The number of rotatable bonds is 15. The van der Waals surface area contributed by atoms with E-state index in [2.05, 4.69) is 46.2 Å². The smallest absolute Gasteiger partial charge is 0.296 e. The maximum atomic E-state index is 12.6. The Morgan fingerprint density at radius 3 is 1.37 bits per heavy atom. The summed E-state index contributed by atoms with van der Waals surface area (Å²) in [6.45, 7) is 8.84. The molecule has 7 rings (SSSR count). The van der Waals surface area contributed by atoms with E-state index >= 15 is 0 Å². The first-order chi connectivity index (χ1) is 33.4. The molecule has 0 heterocycles. The Morgan fingerprint density at radius 1 is 0.437 bits per heavy atom. The van der Waals surface area contributed by atoms with Gasteiger partial charge in [0.05, 0.1) is 47.6 Å². The molecule has 0 aromatic heterocycles. The average Bonchev–Trinajstić information content (AvgIpc) is 3.30. The second kappa shape index (κ2) is 20.2. The second-order valence-electron chi connectivity index (χ2n) is 15.9. The second-order valence-corrected chi connectivity index (χ2v) is 20.1. The van der Waals surface area contributed by atoms with Crippen LogP contribution in [-0.2, 0) is 30.4 Å². The van der Waals surface area contributed by atoms with Gasteiger partial charge in [0.2, 0.25) is 0 Å². The molecule has 0 unspecified atom stereocenters. The SMILES string of the molecule is COc1ccc(Nc2ccc3c(O)c(/N=N/c4cc(C)c(/N=N\c5cc(C)c(/N=N\c6cc(C)c(/N=N\c7ccc(S(=O)(=O)O)cc7S(=O)(=O)O)cc6OC)cc5C)cc4C)c(S(=O)(=O)O)cc3c2)cc1. The molecule has 5 N–H and O–H groups in total. The van der Waals surface area contributed by atoms with E-state index in [-0.39, 0.29) is 16.8 Å². The molecule has 21 nitrogen and oxygen atoms in total. The average molecular weight is 1020 g/mol. The van der Waals surface area contributed by atoms with Gasteiger partial charge in [0.25, 0.3) is 30.4 Å². The van der Waals surface area contributed by atoms with Crippen molar-refractivity contribution < 1.29 is 53.5 Å². The molecule has 7 aromatic rings. The fourth-order valence-electron chi connectivity index (χ4n) is 6.95. The van der Waals surface area contributed by atoms with Crippen LogP contribution < -0.4 is 14.8 Å². The monoisotopic (exact) mass is 1020 g/mol. The number of azo groups is 4. The van der Waals surface area contributed by atoms with Crippen LogP contribution in [0.3, 0.4) is 0 Å². The number of fused-ring (bicyclic) bond motifs is 1. The maximum absolute atomic E-state index is 12.6. The Kier molecular flexibility index (Phi) is 14.5. The van der Waals surface area contributed by atoms with Crippen molar-refractivity contribution in [3.8, 4) is 17.2 Å². The molecule has 71 heavy (non-hydrogen) atoms. The van der Waals surface area contributed by atoms with Gasteiger partial charge in [-0.15, -0.1) is 15.3 Å². The third-order valence-electron chi connectivity index (χ3n) is 10.8. The molecule has 0 saturated carbocycles. The molecule has 0 aliphatic carbocycles. The highest BCUT2D eigenvalue weighted by molar-refractivity contribution is 7.87. The zero-order valence-electron chi connectivity index (χ0n) is 38.7. The van der Waals surface area contributed by atoms with Gasteiger partial charge >= 0.3 is 0 Å². The van der Waals surface area contributed by atoms with E-state index in [9.17, 15) is 44.0 Å². The van der Waals surface area contributed by atoms with Crippen molar-refractivity contribution in [3.63, 3.8) is 0 Å². The van der Waals surface area contributed by atoms with Crippen LogP contribution in [0.4, 0.5) is 56.9 Å². The molecule has 7 aromatic carbocycles. The number of nitrogens with one attached hydrogen (secondary N) is 1. The third kappa shape index (κ3) is 11.8. The molecular formula is C47H43N9O12S3. The third-order valence-corrected chi connectivity index (χ3v) is 13.4. The first-order valence-corrected chi connectivity index (χ1v) is 25.1. The normalized spacial score (nSPS) is 12.5. The molecule has 0 aliphatic heterocycles. The minimum absolute atomic E-state index is 0.220. The van der Waals surface area contributed by atoms with Gasteiger partial charge in [-0.05, 0) is 165 Å². The molecule has 0 radical (unpaired) electrons. The molecule has 0 bridgehead atoms. The summed E-state index contributed by atoms with van der Waals surface area (Å²) in [5.41, 5.74) is 6.12.